The van der Waals surface area contributed by atoms with Crippen LogP contribution in [-0.2, 0) is 16.6 Å². The van der Waals surface area contributed by atoms with Gasteiger partial charge in [0.25, 0.3) is 10.0 Å². The fourth-order valence-corrected chi connectivity index (χ4v) is 3.31. The zero-order valence-corrected chi connectivity index (χ0v) is 13.1. The number of rotatable bonds is 5. The largest absolute Gasteiger partial charge is 0.447 e. The number of nitrogens with one attached hydrogen (secondary N) is 1. The third-order valence-electron chi connectivity index (χ3n) is 3.79. The smallest absolute Gasteiger partial charge is 0.275 e. The van der Waals surface area contributed by atoms with Crippen LogP contribution in [0, 0.1) is 0 Å². The van der Waals surface area contributed by atoms with E-state index in [9.17, 15) is 8.42 Å². The molecule has 1 saturated carbocycles. The molecular formula is C14H24N2O3S. The van der Waals surface area contributed by atoms with E-state index in [1.54, 1.807) is 6.07 Å². The van der Waals surface area contributed by atoms with Gasteiger partial charge in [-0.1, -0.05) is 25.7 Å². The number of hydrogen-bond donors (Lipinski definition) is 1. The van der Waals surface area contributed by atoms with Crippen molar-refractivity contribution in [3.05, 3.63) is 17.9 Å². The predicted octanol–water partition coefficient (Wildman–Crippen LogP) is 2.34. The van der Waals surface area contributed by atoms with Crippen LogP contribution < -0.4 is 5.32 Å². The highest BCUT2D eigenvalue weighted by Gasteiger charge is 2.21. The Morgan fingerprint density at radius 3 is 2.45 bits per heavy atom. The molecule has 0 atom stereocenters. The molecule has 0 amide bonds. The molecule has 0 spiro atoms. The molecule has 1 aliphatic rings. The highest BCUT2D eigenvalue weighted by molar-refractivity contribution is 7.88. The highest BCUT2D eigenvalue weighted by Crippen LogP contribution is 2.19. The molecule has 0 aromatic carbocycles. The Bertz CT molecular complexity index is 514. The molecule has 1 aliphatic carbocycles. The summed E-state index contributed by atoms with van der Waals surface area (Å²) in [7, 11) is -0.464. The molecule has 1 fully saturated rings. The summed E-state index contributed by atoms with van der Waals surface area (Å²) in [4.78, 5) is 0. The third kappa shape index (κ3) is 3.84. The second-order valence-electron chi connectivity index (χ2n) is 5.58. The first-order valence-electron chi connectivity index (χ1n) is 7.25. The minimum absolute atomic E-state index is 0.0140. The molecule has 0 radical (unpaired) electrons. The molecule has 1 aromatic heterocycles. The van der Waals surface area contributed by atoms with Crippen molar-refractivity contribution in [1.29, 1.82) is 0 Å². The van der Waals surface area contributed by atoms with Gasteiger partial charge in [0.1, 0.15) is 5.76 Å². The van der Waals surface area contributed by atoms with Gasteiger partial charge in [0.15, 0.2) is 0 Å². The summed E-state index contributed by atoms with van der Waals surface area (Å²) >= 11 is 0. The van der Waals surface area contributed by atoms with Crippen molar-refractivity contribution in [1.82, 2.24) is 9.62 Å². The van der Waals surface area contributed by atoms with Gasteiger partial charge in [0.2, 0.25) is 5.09 Å². The number of nitrogens with zero attached hydrogens (tertiary/aromatic N) is 1. The van der Waals surface area contributed by atoms with Crippen molar-refractivity contribution in [2.24, 2.45) is 0 Å². The quantitative estimate of drug-likeness (QED) is 0.848. The molecule has 5 nitrogen and oxygen atoms in total. The van der Waals surface area contributed by atoms with Crippen molar-refractivity contribution in [3.63, 3.8) is 0 Å². The van der Waals surface area contributed by atoms with Crippen molar-refractivity contribution < 1.29 is 12.8 Å². The lowest BCUT2D eigenvalue weighted by Gasteiger charge is -2.15. The second-order valence-corrected chi connectivity index (χ2v) is 7.66. The zero-order valence-electron chi connectivity index (χ0n) is 12.3. The van der Waals surface area contributed by atoms with Gasteiger partial charge in [-0.05, 0) is 25.0 Å². The molecular weight excluding hydrogens is 276 g/mol. The Kier molecular flexibility index (Phi) is 5.23. The van der Waals surface area contributed by atoms with Crippen molar-refractivity contribution >= 4 is 10.0 Å². The molecule has 1 N–H and O–H groups in total. The lowest BCUT2D eigenvalue weighted by atomic mass is 10.1. The van der Waals surface area contributed by atoms with E-state index in [0.29, 0.717) is 18.3 Å². The maximum absolute atomic E-state index is 11.9. The average Bonchev–Trinajstić information content (AvgIpc) is 2.73. The summed E-state index contributed by atoms with van der Waals surface area (Å²) in [6.07, 6.45) is 7.59. The highest BCUT2D eigenvalue weighted by atomic mass is 32.2. The Morgan fingerprint density at radius 1 is 1.20 bits per heavy atom. The lowest BCUT2D eigenvalue weighted by molar-refractivity contribution is 0.369. The summed E-state index contributed by atoms with van der Waals surface area (Å²) in [5, 5.41) is 3.48. The van der Waals surface area contributed by atoms with E-state index >= 15 is 0 Å². The SMILES string of the molecule is CN(C)S(=O)(=O)c1ccc(CNC2CCCCCC2)o1. The lowest BCUT2D eigenvalue weighted by Crippen LogP contribution is -2.27. The fourth-order valence-electron chi connectivity index (χ4n) is 2.50. The fraction of sp³-hybridized carbons (Fsp3) is 0.714. The number of hydrogen-bond acceptors (Lipinski definition) is 4. The van der Waals surface area contributed by atoms with Crippen molar-refractivity contribution in [2.75, 3.05) is 14.1 Å². The van der Waals surface area contributed by atoms with Gasteiger partial charge < -0.3 is 9.73 Å². The monoisotopic (exact) mass is 300 g/mol. The third-order valence-corrected chi connectivity index (χ3v) is 5.48. The molecule has 0 saturated heterocycles. The first-order chi connectivity index (χ1) is 9.50. The van der Waals surface area contributed by atoms with Gasteiger partial charge in [-0.15, -0.1) is 0 Å². The van der Waals surface area contributed by atoms with Crippen LogP contribution in [0.3, 0.4) is 0 Å². The molecule has 114 valence electrons. The Balaban J connectivity index is 1.93. The van der Waals surface area contributed by atoms with Gasteiger partial charge in [0.05, 0.1) is 6.54 Å². The number of sulfonamides is 1. The molecule has 0 aliphatic heterocycles. The van der Waals surface area contributed by atoms with Crippen LogP contribution in [0.25, 0.3) is 0 Å². The predicted molar refractivity (Wildman–Crippen MR) is 77.9 cm³/mol. The van der Waals surface area contributed by atoms with E-state index in [1.165, 1.54) is 58.7 Å². The van der Waals surface area contributed by atoms with Crippen molar-refractivity contribution in [3.8, 4) is 0 Å². The van der Waals surface area contributed by atoms with Gasteiger partial charge in [-0.2, -0.15) is 0 Å². The minimum Gasteiger partial charge on any atom is -0.447 e. The van der Waals surface area contributed by atoms with E-state index < -0.39 is 10.0 Å². The van der Waals surface area contributed by atoms with Crippen LogP contribution in [0.4, 0.5) is 0 Å². The van der Waals surface area contributed by atoms with E-state index in [1.807, 2.05) is 0 Å². The summed E-state index contributed by atoms with van der Waals surface area (Å²) < 4.78 is 30.4. The van der Waals surface area contributed by atoms with Gasteiger partial charge >= 0.3 is 0 Å². The molecule has 6 heteroatoms. The first kappa shape index (κ1) is 15.5. The zero-order chi connectivity index (χ0) is 14.6. The topological polar surface area (TPSA) is 62.6 Å². The number of furan rings is 1. The van der Waals surface area contributed by atoms with E-state index in [4.69, 9.17) is 4.42 Å². The Labute approximate surface area is 121 Å². The van der Waals surface area contributed by atoms with Crippen molar-refractivity contribution in [2.45, 2.75) is 56.2 Å². The molecule has 0 unspecified atom stereocenters. The van der Waals surface area contributed by atoms with Gasteiger partial charge in [-0.25, -0.2) is 12.7 Å². The van der Waals surface area contributed by atoms with Gasteiger partial charge in [-0.3, -0.25) is 0 Å². The molecule has 0 bridgehead atoms. The first-order valence-corrected chi connectivity index (χ1v) is 8.69. The standard InChI is InChI=1S/C14H24N2O3S/c1-16(2)20(17,18)14-10-9-13(19-14)11-15-12-7-5-3-4-6-8-12/h9-10,12,15H,3-8,11H2,1-2H3. The van der Waals surface area contributed by atoms with Crippen LogP contribution in [-0.4, -0.2) is 32.9 Å². The minimum atomic E-state index is -3.47. The Morgan fingerprint density at radius 2 is 1.85 bits per heavy atom. The maximum atomic E-state index is 11.9. The normalized spacial score (nSPS) is 18.4. The molecule has 1 heterocycles. The van der Waals surface area contributed by atoms with Crippen LogP contribution >= 0.6 is 0 Å². The van der Waals surface area contributed by atoms with Crippen LogP contribution in [0.1, 0.15) is 44.3 Å². The summed E-state index contributed by atoms with van der Waals surface area (Å²) in [5.74, 6) is 0.676. The van der Waals surface area contributed by atoms with Gasteiger partial charge in [0, 0.05) is 20.1 Å². The second kappa shape index (κ2) is 6.74. The van der Waals surface area contributed by atoms with Crippen LogP contribution in [0.5, 0.6) is 0 Å². The molecule has 2 rings (SSSR count). The summed E-state index contributed by atoms with van der Waals surface area (Å²) in [5.41, 5.74) is 0. The van der Waals surface area contributed by atoms with E-state index in [0.717, 1.165) is 4.31 Å². The average molecular weight is 300 g/mol. The van der Waals surface area contributed by atoms with Crippen LogP contribution in [0.15, 0.2) is 21.6 Å². The summed E-state index contributed by atoms with van der Waals surface area (Å²) in [6.45, 7) is 0.591. The Hall–Kier alpha value is -0.850. The molecule has 20 heavy (non-hydrogen) atoms. The van der Waals surface area contributed by atoms with E-state index in [-0.39, 0.29) is 5.09 Å². The van der Waals surface area contributed by atoms with E-state index in [2.05, 4.69) is 5.32 Å². The maximum Gasteiger partial charge on any atom is 0.275 e. The molecule has 1 aromatic rings. The van der Waals surface area contributed by atoms with Crippen LogP contribution in [0.2, 0.25) is 0 Å². The summed E-state index contributed by atoms with van der Waals surface area (Å²) in [6, 6.07) is 3.79.